The summed E-state index contributed by atoms with van der Waals surface area (Å²) in [5.74, 6) is 0. The summed E-state index contributed by atoms with van der Waals surface area (Å²) in [4.78, 5) is 0. The van der Waals surface area contributed by atoms with E-state index in [1.54, 1.807) is 0 Å². The SMILES string of the molecule is CCCCCCCC/C=C\CCCCCCCCNC(c1ccccc1)c1ccccc1. The summed E-state index contributed by atoms with van der Waals surface area (Å²) in [6.45, 7) is 3.37. The summed E-state index contributed by atoms with van der Waals surface area (Å²) in [5, 5.41) is 3.79. The molecule has 0 aromatic heterocycles. The van der Waals surface area contributed by atoms with E-state index in [4.69, 9.17) is 0 Å². The van der Waals surface area contributed by atoms with E-state index >= 15 is 0 Å². The quantitative estimate of drug-likeness (QED) is 0.172. The number of rotatable bonds is 19. The van der Waals surface area contributed by atoms with Crippen LogP contribution in [0.4, 0.5) is 0 Å². The Morgan fingerprint density at radius 2 is 1.00 bits per heavy atom. The van der Waals surface area contributed by atoms with E-state index < -0.39 is 0 Å². The highest BCUT2D eigenvalue weighted by atomic mass is 14.9. The standard InChI is InChI=1S/C31H47N/c1-2-3-4-5-6-7-8-9-10-11-12-13-14-15-16-23-28-32-31(29-24-19-17-20-25-29)30-26-21-18-22-27-30/h9-10,17-22,24-27,31-32H,2-8,11-16,23,28H2,1H3/b10-9-. The van der Waals surface area contributed by atoms with Crippen molar-refractivity contribution in [1.29, 1.82) is 0 Å². The second-order valence-electron chi connectivity index (χ2n) is 9.15. The largest absolute Gasteiger partial charge is 0.306 e. The van der Waals surface area contributed by atoms with Crippen LogP contribution < -0.4 is 5.32 Å². The highest BCUT2D eigenvalue weighted by molar-refractivity contribution is 5.31. The third-order valence-electron chi connectivity index (χ3n) is 6.30. The predicted molar refractivity (Wildman–Crippen MR) is 142 cm³/mol. The van der Waals surface area contributed by atoms with Gasteiger partial charge in [0, 0.05) is 0 Å². The van der Waals surface area contributed by atoms with Crippen LogP contribution in [0.25, 0.3) is 0 Å². The fourth-order valence-corrected chi connectivity index (χ4v) is 4.34. The third-order valence-corrected chi connectivity index (χ3v) is 6.30. The van der Waals surface area contributed by atoms with E-state index in [1.165, 1.54) is 101 Å². The first-order chi connectivity index (χ1) is 15.9. The molecule has 0 aliphatic rings. The number of allylic oxidation sites excluding steroid dienone is 2. The molecule has 0 unspecified atom stereocenters. The van der Waals surface area contributed by atoms with Crippen molar-refractivity contribution in [2.75, 3.05) is 6.54 Å². The number of unbranched alkanes of at least 4 members (excludes halogenated alkanes) is 12. The second-order valence-corrected chi connectivity index (χ2v) is 9.15. The molecule has 0 saturated heterocycles. The van der Waals surface area contributed by atoms with Crippen molar-refractivity contribution < 1.29 is 0 Å². The fourth-order valence-electron chi connectivity index (χ4n) is 4.34. The van der Waals surface area contributed by atoms with E-state index in [0.717, 1.165) is 6.54 Å². The maximum atomic E-state index is 3.79. The average molecular weight is 434 g/mol. The Labute approximate surface area is 198 Å². The van der Waals surface area contributed by atoms with Crippen molar-refractivity contribution in [3.05, 3.63) is 83.9 Å². The van der Waals surface area contributed by atoms with Gasteiger partial charge < -0.3 is 5.32 Å². The molecule has 0 heterocycles. The average Bonchev–Trinajstić information content (AvgIpc) is 2.84. The highest BCUT2D eigenvalue weighted by Crippen LogP contribution is 2.21. The molecule has 2 rings (SSSR count). The monoisotopic (exact) mass is 433 g/mol. The van der Waals surface area contributed by atoms with Crippen LogP contribution >= 0.6 is 0 Å². The van der Waals surface area contributed by atoms with Crippen molar-refractivity contribution in [3.8, 4) is 0 Å². The first-order valence-electron chi connectivity index (χ1n) is 13.4. The molecule has 0 saturated carbocycles. The van der Waals surface area contributed by atoms with Crippen LogP contribution in [0.2, 0.25) is 0 Å². The number of hydrogen-bond acceptors (Lipinski definition) is 1. The van der Waals surface area contributed by atoms with Gasteiger partial charge >= 0.3 is 0 Å². The highest BCUT2D eigenvalue weighted by Gasteiger charge is 2.12. The molecular formula is C31H47N. The van der Waals surface area contributed by atoms with Gasteiger partial charge in [-0.25, -0.2) is 0 Å². The van der Waals surface area contributed by atoms with Gasteiger partial charge in [-0.1, -0.05) is 138 Å². The lowest BCUT2D eigenvalue weighted by atomic mass is 9.98. The van der Waals surface area contributed by atoms with E-state index in [1.807, 2.05) is 0 Å². The normalized spacial score (nSPS) is 11.6. The van der Waals surface area contributed by atoms with Gasteiger partial charge in [-0.3, -0.25) is 0 Å². The van der Waals surface area contributed by atoms with Gasteiger partial charge in [-0.05, 0) is 49.8 Å². The molecule has 0 radical (unpaired) electrons. The molecule has 2 aromatic rings. The molecule has 0 amide bonds. The molecule has 176 valence electrons. The molecule has 1 heteroatoms. The molecule has 0 atom stereocenters. The van der Waals surface area contributed by atoms with E-state index in [-0.39, 0.29) is 0 Å². The Balaban J connectivity index is 1.47. The molecule has 0 aliphatic heterocycles. The van der Waals surface area contributed by atoms with E-state index in [9.17, 15) is 0 Å². The minimum absolute atomic E-state index is 0.292. The molecule has 1 nitrogen and oxygen atoms in total. The van der Waals surface area contributed by atoms with Gasteiger partial charge in [-0.15, -0.1) is 0 Å². The van der Waals surface area contributed by atoms with Gasteiger partial charge in [0.15, 0.2) is 0 Å². The van der Waals surface area contributed by atoms with Gasteiger partial charge in [0.1, 0.15) is 0 Å². The zero-order chi connectivity index (χ0) is 22.5. The summed E-state index contributed by atoms with van der Waals surface area (Å²) in [6.07, 6.45) is 23.9. The molecule has 32 heavy (non-hydrogen) atoms. The summed E-state index contributed by atoms with van der Waals surface area (Å²) < 4.78 is 0. The maximum absolute atomic E-state index is 3.79. The van der Waals surface area contributed by atoms with E-state index in [2.05, 4.69) is 85.1 Å². The van der Waals surface area contributed by atoms with Crippen molar-refractivity contribution >= 4 is 0 Å². The number of nitrogens with one attached hydrogen (secondary N) is 1. The minimum Gasteiger partial charge on any atom is -0.306 e. The van der Waals surface area contributed by atoms with Crippen LogP contribution in [-0.4, -0.2) is 6.54 Å². The Kier molecular flexibility index (Phi) is 15.4. The van der Waals surface area contributed by atoms with Crippen molar-refractivity contribution in [2.24, 2.45) is 0 Å². The molecule has 0 spiro atoms. The Morgan fingerprint density at radius 1 is 0.562 bits per heavy atom. The topological polar surface area (TPSA) is 12.0 Å². The van der Waals surface area contributed by atoms with Crippen LogP contribution in [-0.2, 0) is 0 Å². The van der Waals surface area contributed by atoms with Crippen molar-refractivity contribution in [1.82, 2.24) is 5.32 Å². The van der Waals surface area contributed by atoms with Gasteiger partial charge in [0.25, 0.3) is 0 Å². The smallest absolute Gasteiger partial charge is 0.0576 e. The lowest BCUT2D eigenvalue weighted by Gasteiger charge is -2.20. The summed E-state index contributed by atoms with van der Waals surface area (Å²) in [5.41, 5.74) is 2.70. The molecule has 0 bridgehead atoms. The summed E-state index contributed by atoms with van der Waals surface area (Å²) in [6, 6.07) is 21.9. The second kappa shape index (κ2) is 18.7. The Bertz CT molecular complexity index is 637. The zero-order valence-electron chi connectivity index (χ0n) is 20.6. The Hall–Kier alpha value is -1.86. The van der Waals surface area contributed by atoms with E-state index in [0.29, 0.717) is 6.04 Å². The van der Waals surface area contributed by atoms with Crippen LogP contribution in [0.5, 0.6) is 0 Å². The zero-order valence-corrected chi connectivity index (χ0v) is 20.6. The Morgan fingerprint density at radius 3 is 1.50 bits per heavy atom. The summed E-state index contributed by atoms with van der Waals surface area (Å²) >= 11 is 0. The minimum atomic E-state index is 0.292. The maximum Gasteiger partial charge on any atom is 0.0576 e. The van der Waals surface area contributed by atoms with Crippen molar-refractivity contribution in [3.63, 3.8) is 0 Å². The van der Waals surface area contributed by atoms with Crippen LogP contribution in [0.3, 0.4) is 0 Å². The first kappa shape index (κ1) is 26.4. The molecule has 0 aliphatic carbocycles. The number of benzene rings is 2. The number of hydrogen-bond donors (Lipinski definition) is 1. The summed E-state index contributed by atoms with van der Waals surface area (Å²) in [7, 11) is 0. The van der Waals surface area contributed by atoms with Crippen molar-refractivity contribution in [2.45, 2.75) is 103 Å². The van der Waals surface area contributed by atoms with Gasteiger partial charge in [0.2, 0.25) is 0 Å². The molecule has 0 fully saturated rings. The van der Waals surface area contributed by atoms with Crippen LogP contribution in [0.15, 0.2) is 72.8 Å². The predicted octanol–water partition coefficient (Wildman–Crippen LogP) is 9.40. The third kappa shape index (κ3) is 12.2. The van der Waals surface area contributed by atoms with Gasteiger partial charge in [-0.2, -0.15) is 0 Å². The fraction of sp³-hybridized carbons (Fsp3) is 0.548. The van der Waals surface area contributed by atoms with Gasteiger partial charge in [0.05, 0.1) is 6.04 Å². The molecule has 1 N–H and O–H groups in total. The molecular weight excluding hydrogens is 386 g/mol. The first-order valence-corrected chi connectivity index (χ1v) is 13.4. The lowest BCUT2D eigenvalue weighted by molar-refractivity contribution is 0.540. The molecule has 2 aromatic carbocycles. The van der Waals surface area contributed by atoms with Crippen LogP contribution in [0.1, 0.15) is 114 Å². The van der Waals surface area contributed by atoms with Crippen LogP contribution in [0, 0.1) is 0 Å². The lowest BCUT2D eigenvalue weighted by Crippen LogP contribution is -2.23.